The number of aliphatic hydroxyl groups excluding tert-OH is 1. The van der Waals surface area contributed by atoms with E-state index in [1.165, 1.54) is 0 Å². The first kappa shape index (κ1) is 10.7. The maximum absolute atomic E-state index is 9.58. The Balaban J connectivity index is 2.47. The second-order valence-electron chi connectivity index (χ2n) is 3.91. The minimum absolute atomic E-state index is 0.565. The predicted molar refractivity (Wildman–Crippen MR) is 63.3 cm³/mol. The molecule has 1 aromatic carbocycles. The van der Waals surface area contributed by atoms with Crippen molar-refractivity contribution in [3.63, 3.8) is 0 Å². The topological polar surface area (TPSA) is 64.1 Å². The third-order valence-electron chi connectivity index (χ3n) is 2.53. The number of aromatic nitrogens is 2. The van der Waals surface area contributed by atoms with Crippen molar-refractivity contribution in [2.75, 3.05) is 5.73 Å². The smallest absolute Gasteiger partial charge is 0.0995 e. The van der Waals surface area contributed by atoms with Crippen molar-refractivity contribution in [1.29, 1.82) is 0 Å². The van der Waals surface area contributed by atoms with E-state index in [-0.39, 0.29) is 0 Å². The third kappa shape index (κ3) is 1.92. The van der Waals surface area contributed by atoms with E-state index in [0.717, 1.165) is 16.9 Å². The zero-order chi connectivity index (χ0) is 11.7. The summed E-state index contributed by atoms with van der Waals surface area (Å²) in [5.41, 5.74) is 9.04. The van der Waals surface area contributed by atoms with Crippen LogP contribution >= 0.6 is 0 Å². The molecule has 4 heteroatoms. The molecule has 4 nitrogen and oxygen atoms in total. The van der Waals surface area contributed by atoms with Gasteiger partial charge in [0.25, 0.3) is 0 Å². The standard InChI is InChI=1S/C12H15N3O/c1-8-6-15(7-14-8)10-3-4-12(13)11(5-10)9(2)16/h3-7,9,16H,13H2,1-2H3. The van der Waals surface area contributed by atoms with Crippen LogP contribution in [-0.2, 0) is 0 Å². The summed E-state index contributed by atoms with van der Waals surface area (Å²) in [6.07, 6.45) is 3.11. The highest BCUT2D eigenvalue weighted by molar-refractivity contribution is 5.53. The molecule has 1 unspecified atom stereocenters. The van der Waals surface area contributed by atoms with Crippen LogP contribution in [0.5, 0.6) is 0 Å². The second kappa shape index (κ2) is 3.98. The lowest BCUT2D eigenvalue weighted by molar-refractivity contribution is 0.200. The fraction of sp³-hybridized carbons (Fsp3) is 0.250. The number of benzene rings is 1. The van der Waals surface area contributed by atoms with Crippen LogP contribution in [0.1, 0.15) is 24.3 Å². The summed E-state index contributed by atoms with van der Waals surface area (Å²) in [7, 11) is 0. The lowest BCUT2D eigenvalue weighted by atomic mass is 10.1. The minimum atomic E-state index is -0.565. The molecule has 0 radical (unpaired) electrons. The summed E-state index contributed by atoms with van der Waals surface area (Å²) in [6, 6.07) is 5.58. The molecule has 0 aliphatic carbocycles. The van der Waals surface area contributed by atoms with Crippen molar-refractivity contribution in [2.45, 2.75) is 20.0 Å². The maximum Gasteiger partial charge on any atom is 0.0995 e. The Kier molecular flexibility index (Phi) is 2.66. The predicted octanol–water partition coefficient (Wildman–Crippen LogP) is 1.82. The molecule has 2 aromatic rings. The van der Waals surface area contributed by atoms with Crippen molar-refractivity contribution in [1.82, 2.24) is 9.55 Å². The Morgan fingerprint density at radius 2 is 2.19 bits per heavy atom. The molecule has 0 spiro atoms. The number of imidazole rings is 1. The molecule has 0 bridgehead atoms. The van der Waals surface area contributed by atoms with Crippen LogP contribution in [-0.4, -0.2) is 14.7 Å². The molecule has 0 aliphatic heterocycles. The van der Waals surface area contributed by atoms with Gasteiger partial charge in [0.2, 0.25) is 0 Å². The summed E-state index contributed by atoms with van der Waals surface area (Å²) in [5, 5.41) is 9.58. The molecule has 0 aliphatic rings. The molecule has 1 heterocycles. The summed E-state index contributed by atoms with van der Waals surface area (Å²) in [4.78, 5) is 4.16. The SMILES string of the molecule is Cc1cn(-c2ccc(N)c(C(C)O)c2)cn1. The summed E-state index contributed by atoms with van der Waals surface area (Å²) < 4.78 is 1.90. The summed E-state index contributed by atoms with van der Waals surface area (Å²) >= 11 is 0. The number of hydrogen-bond donors (Lipinski definition) is 2. The number of nitrogens with two attached hydrogens (primary N) is 1. The van der Waals surface area contributed by atoms with Gasteiger partial charge in [-0.25, -0.2) is 4.98 Å². The number of nitrogen functional groups attached to an aromatic ring is 1. The molecule has 0 saturated carbocycles. The van der Waals surface area contributed by atoms with Crippen LogP contribution in [0, 0.1) is 6.92 Å². The monoisotopic (exact) mass is 217 g/mol. The van der Waals surface area contributed by atoms with E-state index in [0.29, 0.717) is 5.69 Å². The quantitative estimate of drug-likeness (QED) is 0.754. The fourth-order valence-electron chi connectivity index (χ4n) is 1.65. The second-order valence-corrected chi connectivity index (χ2v) is 3.91. The number of hydrogen-bond acceptors (Lipinski definition) is 3. The van der Waals surface area contributed by atoms with Gasteiger partial charge in [-0.05, 0) is 32.0 Å². The van der Waals surface area contributed by atoms with Gasteiger partial charge in [0.15, 0.2) is 0 Å². The van der Waals surface area contributed by atoms with Gasteiger partial charge in [0.1, 0.15) is 0 Å². The van der Waals surface area contributed by atoms with Gasteiger partial charge in [-0.2, -0.15) is 0 Å². The Morgan fingerprint density at radius 1 is 1.44 bits per heavy atom. The van der Waals surface area contributed by atoms with E-state index in [2.05, 4.69) is 4.98 Å². The summed E-state index contributed by atoms with van der Waals surface area (Å²) in [5.74, 6) is 0. The van der Waals surface area contributed by atoms with Crippen LogP contribution in [0.3, 0.4) is 0 Å². The van der Waals surface area contributed by atoms with Gasteiger partial charge in [-0.1, -0.05) is 0 Å². The molecule has 1 aromatic heterocycles. The largest absolute Gasteiger partial charge is 0.398 e. The first-order valence-electron chi connectivity index (χ1n) is 5.16. The van der Waals surface area contributed by atoms with Crippen LogP contribution in [0.25, 0.3) is 5.69 Å². The van der Waals surface area contributed by atoms with Crippen LogP contribution in [0.2, 0.25) is 0 Å². The maximum atomic E-state index is 9.58. The molecule has 3 N–H and O–H groups in total. The van der Waals surface area contributed by atoms with E-state index in [1.54, 1.807) is 19.3 Å². The van der Waals surface area contributed by atoms with E-state index < -0.39 is 6.10 Å². The van der Waals surface area contributed by atoms with Crippen molar-refractivity contribution in [2.24, 2.45) is 0 Å². The fourth-order valence-corrected chi connectivity index (χ4v) is 1.65. The molecule has 84 valence electrons. The normalized spacial score (nSPS) is 12.7. The van der Waals surface area contributed by atoms with Gasteiger partial charge in [-0.15, -0.1) is 0 Å². The molecular formula is C12H15N3O. The molecule has 0 saturated heterocycles. The zero-order valence-electron chi connectivity index (χ0n) is 9.38. The number of aryl methyl sites for hydroxylation is 1. The highest BCUT2D eigenvalue weighted by Gasteiger charge is 2.07. The molecule has 1 atom stereocenters. The lowest BCUT2D eigenvalue weighted by Gasteiger charge is -2.11. The molecular weight excluding hydrogens is 202 g/mol. The Labute approximate surface area is 94.4 Å². The highest BCUT2D eigenvalue weighted by Crippen LogP contribution is 2.23. The van der Waals surface area contributed by atoms with E-state index in [1.807, 2.05) is 29.8 Å². The minimum Gasteiger partial charge on any atom is -0.398 e. The van der Waals surface area contributed by atoms with Gasteiger partial charge in [0.05, 0.1) is 18.1 Å². The number of anilines is 1. The summed E-state index contributed by atoms with van der Waals surface area (Å²) in [6.45, 7) is 3.64. The van der Waals surface area contributed by atoms with E-state index in [9.17, 15) is 5.11 Å². The van der Waals surface area contributed by atoms with Crippen LogP contribution in [0.15, 0.2) is 30.7 Å². The van der Waals surface area contributed by atoms with Crippen molar-refractivity contribution < 1.29 is 5.11 Å². The zero-order valence-corrected chi connectivity index (χ0v) is 9.38. The molecule has 0 fully saturated rings. The highest BCUT2D eigenvalue weighted by atomic mass is 16.3. The van der Waals surface area contributed by atoms with Crippen molar-refractivity contribution in [3.05, 3.63) is 42.0 Å². The number of rotatable bonds is 2. The first-order chi connectivity index (χ1) is 7.58. The average molecular weight is 217 g/mol. The number of nitrogens with zero attached hydrogens (tertiary/aromatic N) is 2. The third-order valence-corrected chi connectivity index (χ3v) is 2.53. The van der Waals surface area contributed by atoms with Crippen molar-refractivity contribution in [3.8, 4) is 5.69 Å². The Hall–Kier alpha value is -1.81. The van der Waals surface area contributed by atoms with Crippen LogP contribution < -0.4 is 5.73 Å². The van der Waals surface area contributed by atoms with Gasteiger partial charge >= 0.3 is 0 Å². The molecule has 0 amide bonds. The van der Waals surface area contributed by atoms with Crippen molar-refractivity contribution >= 4 is 5.69 Å². The molecule has 16 heavy (non-hydrogen) atoms. The van der Waals surface area contributed by atoms with E-state index >= 15 is 0 Å². The first-order valence-corrected chi connectivity index (χ1v) is 5.16. The van der Waals surface area contributed by atoms with Gasteiger partial charge in [0, 0.05) is 23.1 Å². The van der Waals surface area contributed by atoms with E-state index in [4.69, 9.17) is 5.73 Å². The van der Waals surface area contributed by atoms with Gasteiger partial charge in [-0.3, -0.25) is 0 Å². The lowest BCUT2D eigenvalue weighted by Crippen LogP contribution is -2.00. The number of aliphatic hydroxyl groups is 1. The average Bonchev–Trinajstić information content (AvgIpc) is 2.65. The molecule has 2 rings (SSSR count). The van der Waals surface area contributed by atoms with Crippen LogP contribution in [0.4, 0.5) is 5.69 Å². The van der Waals surface area contributed by atoms with Gasteiger partial charge < -0.3 is 15.4 Å². The Morgan fingerprint density at radius 3 is 2.75 bits per heavy atom. The Bertz CT molecular complexity index is 503.